The fraction of sp³-hybridized carbons (Fsp3) is 0.333. The van der Waals surface area contributed by atoms with Crippen LogP contribution < -0.4 is 0 Å². The van der Waals surface area contributed by atoms with Crippen LogP contribution in [0.2, 0.25) is 0 Å². The van der Waals surface area contributed by atoms with Gasteiger partial charge in [-0.1, -0.05) is 26.8 Å². The Labute approximate surface area is 125 Å². The monoisotopic (exact) mass is 286 g/mol. The van der Waals surface area contributed by atoms with Gasteiger partial charge in [-0.3, -0.25) is 0 Å². The Bertz CT molecular complexity index is 660. The minimum absolute atomic E-state index is 0.121. The van der Waals surface area contributed by atoms with E-state index < -0.39 is 0 Å². The van der Waals surface area contributed by atoms with Gasteiger partial charge in [0.05, 0.1) is 0 Å². The first-order valence-electron chi connectivity index (χ1n) is 7.42. The second-order valence-corrected chi connectivity index (χ2v) is 5.15. The molecule has 0 unspecified atom stereocenters. The third kappa shape index (κ3) is 2.68. The molecule has 2 aromatic carbocycles. The summed E-state index contributed by atoms with van der Waals surface area (Å²) in [5.41, 5.74) is 5.04. The molecule has 21 heavy (non-hydrogen) atoms. The van der Waals surface area contributed by atoms with Crippen LogP contribution in [0.3, 0.4) is 0 Å². The normalized spacial score (nSPS) is 10.8. The zero-order valence-corrected chi connectivity index (χ0v) is 12.8. The number of hydrogen-bond donors (Lipinski definition) is 3. The van der Waals surface area contributed by atoms with Crippen molar-refractivity contribution in [2.45, 2.75) is 40.0 Å². The first-order valence-corrected chi connectivity index (χ1v) is 7.42. The SMILES string of the molecule is CCc1cc(O)c(CC)c(CC)c1-c1ccc(O)c(O)c1. The highest BCUT2D eigenvalue weighted by molar-refractivity contribution is 5.76. The summed E-state index contributed by atoms with van der Waals surface area (Å²) in [6.07, 6.45) is 2.36. The van der Waals surface area contributed by atoms with Crippen molar-refractivity contribution in [3.8, 4) is 28.4 Å². The van der Waals surface area contributed by atoms with Gasteiger partial charge in [-0.2, -0.15) is 0 Å². The van der Waals surface area contributed by atoms with Gasteiger partial charge in [-0.15, -0.1) is 0 Å². The second-order valence-electron chi connectivity index (χ2n) is 5.15. The molecule has 0 atom stereocenters. The van der Waals surface area contributed by atoms with Crippen LogP contribution in [0.15, 0.2) is 24.3 Å². The maximum atomic E-state index is 10.2. The van der Waals surface area contributed by atoms with E-state index in [4.69, 9.17) is 0 Å². The van der Waals surface area contributed by atoms with Gasteiger partial charge in [0.2, 0.25) is 0 Å². The van der Waals surface area contributed by atoms with E-state index in [-0.39, 0.29) is 11.5 Å². The third-order valence-electron chi connectivity index (χ3n) is 3.96. The molecule has 0 spiro atoms. The maximum absolute atomic E-state index is 10.2. The quantitative estimate of drug-likeness (QED) is 0.740. The molecule has 2 aromatic rings. The molecule has 0 saturated heterocycles. The highest BCUT2D eigenvalue weighted by Crippen LogP contribution is 2.39. The number of benzene rings is 2. The van der Waals surface area contributed by atoms with Gasteiger partial charge in [0, 0.05) is 0 Å². The number of phenols is 3. The van der Waals surface area contributed by atoms with Gasteiger partial charge < -0.3 is 15.3 Å². The molecule has 3 nitrogen and oxygen atoms in total. The zero-order valence-electron chi connectivity index (χ0n) is 12.8. The smallest absolute Gasteiger partial charge is 0.158 e. The molecule has 0 aliphatic rings. The van der Waals surface area contributed by atoms with E-state index in [9.17, 15) is 15.3 Å². The molecule has 3 N–H and O–H groups in total. The van der Waals surface area contributed by atoms with E-state index >= 15 is 0 Å². The van der Waals surface area contributed by atoms with E-state index in [0.717, 1.165) is 47.1 Å². The molecule has 0 bridgehead atoms. The average molecular weight is 286 g/mol. The Kier molecular flexibility index (Phi) is 4.41. The predicted octanol–water partition coefficient (Wildman–Crippen LogP) is 4.16. The third-order valence-corrected chi connectivity index (χ3v) is 3.96. The highest BCUT2D eigenvalue weighted by Gasteiger charge is 2.17. The van der Waals surface area contributed by atoms with Crippen molar-refractivity contribution in [2.24, 2.45) is 0 Å². The Morgan fingerprint density at radius 2 is 1.38 bits per heavy atom. The summed E-state index contributed by atoms with van der Waals surface area (Å²) >= 11 is 0. The standard InChI is InChI=1S/C18H22O3/c1-4-11-9-16(20)13(5-2)14(6-3)18(11)12-7-8-15(19)17(21)10-12/h7-10,19-21H,4-6H2,1-3H3. The lowest BCUT2D eigenvalue weighted by Gasteiger charge is -2.19. The molecule has 3 heteroatoms. The minimum atomic E-state index is -0.122. The molecule has 0 aliphatic heterocycles. The number of phenolic OH excluding ortho intramolecular Hbond substituents is 3. The molecule has 0 amide bonds. The van der Waals surface area contributed by atoms with E-state index in [0.29, 0.717) is 5.75 Å². The van der Waals surface area contributed by atoms with Crippen molar-refractivity contribution in [1.82, 2.24) is 0 Å². The second kappa shape index (κ2) is 6.08. The largest absolute Gasteiger partial charge is 0.508 e. The highest BCUT2D eigenvalue weighted by atomic mass is 16.3. The first-order chi connectivity index (χ1) is 10.0. The van der Waals surface area contributed by atoms with Gasteiger partial charge >= 0.3 is 0 Å². The fourth-order valence-corrected chi connectivity index (χ4v) is 2.93. The first kappa shape index (κ1) is 15.2. The van der Waals surface area contributed by atoms with Crippen molar-refractivity contribution in [2.75, 3.05) is 0 Å². The Balaban J connectivity index is 2.78. The molecule has 0 saturated carbocycles. The average Bonchev–Trinajstić information content (AvgIpc) is 2.48. The van der Waals surface area contributed by atoms with Crippen LogP contribution >= 0.6 is 0 Å². The van der Waals surface area contributed by atoms with E-state index in [1.165, 1.54) is 6.07 Å². The molecular weight excluding hydrogens is 264 g/mol. The van der Waals surface area contributed by atoms with Crippen LogP contribution in [-0.2, 0) is 19.3 Å². The Hall–Kier alpha value is -2.16. The number of hydrogen-bond acceptors (Lipinski definition) is 3. The van der Waals surface area contributed by atoms with Crippen LogP contribution in [0.5, 0.6) is 17.2 Å². The van der Waals surface area contributed by atoms with E-state index in [2.05, 4.69) is 6.92 Å². The summed E-state index contributed by atoms with van der Waals surface area (Å²) in [6, 6.07) is 6.71. The van der Waals surface area contributed by atoms with Crippen LogP contribution in [0.1, 0.15) is 37.5 Å². The lowest BCUT2D eigenvalue weighted by Crippen LogP contribution is -2.00. The molecule has 0 fully saturated rings. The topological polar surface area (TPSA) is 60.7 Å². The van der Waals surface area contributed by atoms with Crippen LogP contribution in [0, 0.1) is 0 Å². The number of aromatic hydroxyl groups is 3. The molecule has 0 radical (unpaired) electrons. The van der Waals surface area contributed by atoms with Crippen LogP contribution in [0.25, 0.3) is 11.1 Å². The van der Waals surface area contributed by atoms with Crippen molar-refractivity contribution in [3.63, 3.8) is 0 Å². The van der Waals surface area contributed by atoms with Gasteiger partial charge in [0.15, 0.2) is 11.5 Å². The summed E-state index contributed by atoms with van der Waals surface area (Å²) < 4.78 is 0. The van der Waals surface area contributed by atoms with Gasteiger partial charge in [-0.25, -0.2) is 0 Å². The molecular formula is C18H22O3. The lowest BCUT2D eigenvalue weighted by molar-refractivity contribution is 0.404. The van der Waals surface area contributed by atoms with Crippen molar-refractivity contribution in [1.29, 1.82) is 0 Å². The molecule has 112 valence electrons. The maximum Gasteiger partial charge on any atom is 0.158 e. The van der Waals surface area contributed by atoms with Gasteiger partial charge in [-0.05, 0) is 65.3 Å². The zero-order chi connectivity index (χ0) is 15.6. The minimum Gasteiger partial charge on any atom is -0.508 e. The van der Waals surface area contributed by atoms with Gasteiger partial charge in [0.1, 0.15) is 5.75 Å². The Morgan fingerprint density at radius 3 is 1.90 bits per heavy atom. The number of rotatable bonds is 4. The summed E-state index contributed by atoms with van der Waals surface area (Å²) in [6.45, 7) is 6.14. The lowest BCUT2D eigenvalue weighted by atomic mass is 9.87. The molecule has 0 heterocycles. The van der Waals surface area contributed by atoms with Crippen molar-refractivity contribution >= 4 is 0 Å². The van der Waals surface area contributed by atoms with E-state index in [1.54, 1.807) is 12.1 Å². The van der Waals surface area contributed by atoms with Crippen molar-refractivity contribution in [3.05, 3.63) is 41.0 Å². The predicted molar refractivity (Wildman–Crippen MR) is 85.0 cm³/mol. The van der Waals surface area contributed by atoms with Crippen molar-refractivity contribution < 1.29 is 15.3 Å². The summed E-state index contributed by atoms with van der Waals surface area (Å²) in [7, 11) is 0. The molecule has 0 aromatic heterocycles. The number of aryl methyl sites for hydroxylation is 1. The fourth-order valence-electron chi connectivity index (χ4n) is 2.93. The van der Waals surface area contributed by atoms with E-state index in [1.807, 2.05) is 19.9 Å². The Morgan fingerprint density at radius 1 is 0.714 bits per heavy atom. The summed E-state index contributed by atoms with van der Waals surface area (Å²) in [4.78, 5) is 0. The summed E-state index contributed by atoms with van der Waals surface area (Å²) in [5, 5.41) is 29.5. The summed E-state index contributed by atoms with van der Waals surface area (Å²) in [5.74, 6) is 0.102. The van der Waals surface area contributed by atoms with Crippen LogP contribution in [0.4, 0.5) is 0 Å². The van der Waals surface area contributed by atoms with Gasteiger partial charge in [0.25, 0.3) is 0 Å². The molecule has 0 aliphatic carbocycles. The molecule has 2 rings (SSSR count). The van der Waals surface area contributed by atoms with Crippen LogP contribution in [-0.4, -0.2) is 15.3 Å².